The second-order valence-electron chi connectivity index (χ2n) is 16.5. The van der Waals surface area contributed by atoms with E-state index in [1.807, 2.05) is 34.6 Å². The smallest absolute Gasteiger partial charge is 0.309 e. The van der Waals surface area contributed by atoms with Crippen molar-refractivity contribution in [1.29, 1.82) is 0 Å². The van der Waals surface area contributed by atoms with E-state index in [4.69, 9.17) is 13.9 Å². The second kappa shape index (κ2) is 15.0. The van der Waals surface area contributed by atoms with Crippen LogP contribution in [-0.4, -0.2) is 78.6 Å². The maximum Gasteiger partial charge on any atom is 0.309 e. The van der Waals surface area contributed by atoms with Gasteiger partial charge >= 0.3 is 5.97 Å². The summed E-state index contributed by atoms with van der Waals surface area (Å²) in [6.07, 6.45) is 4.96. The summed E-state index contributed by atoms with van der Waals surface area (Å²) < 4.78 is 22.9. The van der Waals surface area contributed by atoms with Crippen molar-refractivity contribution in [1.82, 2.24) is 14.5 Å². The Hall–Kier alpha value is -1.46. The van der Waals surface area contributed by atoms with Crippen molar-refractivity contribution in [2.75, 3.05) is 20.3 Å². The Kier molecular flexibility index (Phi) is 12.7. The summed E-state index contributed by atoms with van der Waals surface area (Å²) in [5, 5.41) is 4.33. The molecule has 0 amide bonds. The van der Waals surface area contributed by atoms with Gasteiger partial charge in [0.1, 0.15) is 11.9 Å². The number of fused-ring (bicyclic) bond motifs is 1. The van der Waals surface area contributed by atoms with Gasteiger partial charge in [-0.3, -0.25) is 14.5 Å². The van der Waals surface area contributed by atoms with Crippen LogP contribution in [0.5, 0.6) is 0 Å². The van der Waals surface area contributed by atoms with Crippen LogP contribution in [0.4, 0.5) is 0 Å². The maximum absolute atomic E-state index is 13.9. The summed E-state index contributed by atoms with van der Waals surface area (Å²) in [4.78, 5) is 31.1. The molecule has 3 heterocycles. The molecule has 0 aromatic carbocycles. The van der Waals surface area contributed by atoms with Crippen molar-refractivity contribution < 1.29 is 23.5 Å². The first-order chi connectivity index (χ1) is 21.2. The first-order valence-corrected chi connectivity index (χ1v) is 21.0. The summed E-state index contributed by atoms with van der Waals surface area (Å²) in [6.45, 7) is 29.7. The van der Waals surface area contributed by atoms with Crippen LogP contribution in [-0.2, 0) is 23.5 Å². The van der Waals surface area contributed by atoms with Crippen molar-refractivity contribution in [3.8, 4) is 0 Å². The van der Waals surface area contributed by atoms with Crippen LogP contribution in [0.2, 0.25) is 18.1 Å². The number of aryl methyl sites for hydroxylation is 1. The van der Waals surface area contributed by atoms with Crippen molar-refractivity contribution >= 4 is 37.7 Å². The Morgan fingerprint density at radius 2 is 1.83 bits per heavy atom. The number of hydrogen-bond acceptors (Lipinski definition) is 9. The molecule has 0 aliphatic carbocycles. The first kappa shape index (κ1) is 39.0. The van der Waals surface area contributed by atoms with Crippen LogP contribution in [0.25, 0.3) is 6.08 Å². The number of aromatic nitrogens is 2. The summed E-state index contributed by atoms with van der Waals surface area (Å²) in [6, 6.07) is 0.258. The fourth-order valence-corrected chi connectivity index (χ4v) is 8.71. The number of cyclic esters (lactones) is 1. The fourth-order valence-electron chi connectivity index (χ4n) is 7.01. The van der Waals surface area contributed by atoms with Crippen LogP contribution in [0.3, 0.4) is 0 Å². The van der Waals surface area contributed by atoms with E-state index in [1.54, 1.807) is 7.11 Å². The molecular formula is C36H63N3O5SSi. The van der Waals surface area contributed by atoms with E-state index in [0.29, 0.717) is 18.9 Å². The summed E-state index contributed by atoms with van der Waals surface area (Å²) >= 11 is 1.35. The van der Waals surface area contributed by atoms with Gasteiger partial charge in [0.25, 0.3) is 0 Å². The highest BCUT2D eigenvalue weighted by Gasteiger charge is 2.58. The van der Waals surface area contributed by atoms with Crippen LogP contribution >= 0.6 is 11.5 Å². The number of methoxy groups -OCH3 is 1. The van der Waals surface area contributed by atoms with E-state index in [2.05, 4.69) is 75.2 Å². The third-order valence-corrected chi connectivity index (χ3v) is 17.4. The third-order valence-electron chi connectivity index (χ3n) is 12.1. The number of hydrogen-bond donors (Lipinski definition) is 0. The zero-order chi connectivity index (χ0) is 34.8. The Morgan fingerprint density at radius 1 is 1.17 bits per heavy atom. The van der Waals surface area contributed by atoms with Crippen molar-refractivity contribution in [2.24, 2.45) is 23.2 Å². The Morgan fingerprint density at radius 3 is 2.39 bits per heavy atom. The van der Waals surface area contributed by atoms with Gasteiger partial charge in [0.2, 0.25) is 0 Å². The number of carbonyl (C=O) groups is 2. The van der Waals surface area contributed by atoms with Gasteiger partial charge in [-0.05, 0) is 80.3 Å². The molecule has 3 rings (SSSR count). The number of carbonyl (C=O) groups excluding carboxylic acids is 2. The number of ether oxygens (including phenoxy) is 2. The van der Waals surface area contributed by atoms with Gasteiger partial charge in [0, 0.05) is 44.2 Å². The van der Waals surface area contributed by atoms with Crippen molar-refractivity contribution in [3.05, 3.63) is 16.1 Å². The Balaban J connectivity index is 1.96. The van der Waals surface area contributed by atoms with E-state index in [1.165, 1.54) is 11.5 Å². The monoisotopic (exact) mass is 677 g/mol. The van der Waals surface area contributed by atoms with Crippen LogP contribution < -0.4 is 0 Å². The zero-order valence-corrected chi connectivity index (χ0v) is 33.1. The molecule has 8 atom stereocenters. The molecule has 8 nitrogen and oxygen atoms in total. The summed E-state index contributed by atoms with van der Waals surface area (Å²) in [7, 11) is -0.289. The van der Waals surface area contributed by atoms with Crippen LogP contribution in [0.1, 0.15) is 112 Å². The highest BCUT2D eigenvalue weighted by molar-refractivity contribution is 7.06. The number of rotatable bonds is 7. The molecule has 0 N–H and O–H groups in total. The molecule has 0 bridgehead atoms. The summed E-state index contributed by atoms with van der Waals surface area (Å²) in [5.41, 5.74) is 0.986. The third kappa shape index (κ3) is 8.76. The number of Topliss-reactive ketones (excluding diaryl/α,β-unsaturated/α-hetero) is 1. The van der Waals surface area contributed by atoms with E-state index < -0.39 is 25.9 Å². The normalized spacial score (nSPS) is 33.8. The number of ketones is 1. The van der Waals surface area contributed by atoms with Crippen molar-refractivity contribution in [3.63, 3.8) is 0 Å². The maximum atomic E-state index is 13.9. The first-order valence-electron chi connectivity index (χ1n) is 17.3. The molecule has 0 spiro atoms. The minimum absolute atomic E-state index is 0.0117. The molecule has 262 valence electrons. The molecular weight excluding hydrogens is 615 g/mol. The summed E-state index contributed by atoms with van der Waals surface area (Å²) in [5.74, 6) is 0.276. The molecule has 1 aromatic heterocycles. The lowest BCUT2D eigenvalue weighted by Crippen LogP contribution is -2.45. The molecule has 2 aliphatic rings. The lowest BCUT2D eigenvalue weighted by atomic mass is 9.70. The molecule has 10 heteroatoms. The number of nitrogens with zero attached hydrogens (tertiary/aromatic N) is 3. The average molecular weight is 678 g/mol. The van der Waals surface area contributed by atoms with E-state index in [-0.39, 0.29) is 46.6 Å². The highest BCUT2D eigenvalue weighted by Crippen LogP contribution is 2.49. The number of esters is 1. The second-order valence-corrected chi connectivity index (χ2v) is 22.1. The predicted octanol–water partition coefficient (Wildman–Crippen LogP) is 8.11. The molecule has 0 saturated carbocycles. The SMILES string of the molecule is CO[C@H]1CC(=O)O[C@H](/C(C)=C/c2snnc2C)C[C@@H]2N(CCO[Si](C)(C)C(C)(C)C)[C@]2(C)CCC[C@H](C)[C@H](C)[C@@H](C)C(=O)C1(C)C. The van der Waals surface area contributed by atoms with Gasteiger partial charge in [-0.2, -0.15) is 0 Å². The fraction of sp³-hybridized carbons (Fsp3) is 0.833. The van der Waals surface area contributed by atoms with E-state index in [9.17, 15) is 9.59 Å². The average Bonchev–Trinajstić information content (AvgIpc) is 3.26. The highest BCUT2D eigenvalue weighted by atomic mass is 32.1. The van der Waals surface area contributed by atoms with Crippen LogP contribution in [0.15, 0.2) is 5.57 Å². The van der Waals surface area contributed by atoms with Gasteiger partial charge in [-0.1, -0.05) is 72.7 Å². The molecule has 2 aliphatic heterocycles. The zero-order valence-electron chi connectivity index (χ0n) is 31.3. The van der Waals surface area contributed by atoms with Gasteiger partial charge in [0.05, 0.1) is 28.5 Å². The Bertz CT molecular complexity index is 1240. The van der Waals surface area contributed by atoms with Crippen molar-refractivity contribution in [2.45, 2.75) is 150 Å². The minimum Gasteiger partial charge on any atom is -0.458 e. The Labute approximate surface area is 284 Å². The molecule has 46 heavy (non-hydrogen) atoms. The van der Waals surface area contributed by atoms with Crippen LogP contribution in [0, 0.1) is 30.1 Å². The molecule has 1 aromatic rings. The minimum atomic E-state index is -1.88. The van der Waals surface area contributed by atoms with Gasteiger partial charge in [-0.15, -0.1) is 5.10 Å². The predicted molar refractivity (Wildman–Crippen MR) is 190 cm³/mol. The topological polar surface area (TPSA) is 90.6 Å². The largest absolute Gasteiger partial charge is 0.458 e. The molecule has 2 fully saturated rings. The quantitative estimate of drug-likeness (QED) is 0.162. The molecule has 2 saturated heterocycles. The molecule has 1 unspecified atom stereocenters. The lowest BCUT2D eigenvalue weighted by molar-refractivity contribution is -0.155. The van der Waals surface area contributed by atoms with E-state index >= 15 is 0 Å². The van der Waals surface area contributed by atoms with Gasteiger partial charge < -0.3 is 13.9 Å². The van der Waals surface area contributed by atoms with Gasteiger partial charge in [0.15, 0.2) is 8.32 Å². The molecule has 0 radical (unpaired) electrons. The van der Waals surface area contributed by atoms with Gasteiger partial charge in [-0.25, -0.2) is 0 Å². The standard InChI is InChI=1S/C36H63N3O5SSi/c1-23-16-15-17-36(11)30(39(36)18-19-43-46(13,14)34(6,7)8)21-28(24(2)20-29-27(5)37-38-45-29)44-32(40)22-31(42-12)35(9,10)33(41)26(4)25(23)3/h20,23,25-26,28,30-31H,15-19,21-22H2,1-14H3/b24-20+/t23-,25-,26+,28-,30-,31-,36+,39?/m0/s1. The van der Waals surface area contributed by atoms with E-state index in [0.717, 1.165) is 42.0 Å². The lowest BCUT2D eigenvalue weighted by Gasteiger charge is -2.36.